The standard InChI is InChI=1S/C27H31FN2O4/c1-5-33-26(20(2)15-21-11-13-23(28)14-12-21)17-30(4)27(32)24(18-31)25(16-29-3)34-19-22-9-7-6-8-10-22/h6-14,18H,3,5,15-17,19H2,1-2,4H3/b25-24+,26-20-. The molecule has 0 aromatic heterocycles. The van der Waals surface area contributed by atoms with Gasteiger partial charge in [0.25, 0.3) is 5.91 Å². The van der Waals surface area contributed by atoms with Gasteiger partial charge in [-0.1, -0.05) is 42.5 Å². The highest BCUT2D eigenvalue weighted by atomic mass is 19.1. The van der Waals surface area contributed by atoms with Gasteiger partial charge in [0, 0.05) is 7.05 Å². The first-order valence-electron chi connectivity index (χ1n) is 11.0. The lowest BCUT2D eigenvalue weighted by atomic mass is 10.0. The van der Waals surface area contributed by atoms with Crippen molar-refractivity contribution >= 4 is 18.9 Å². The highest BCUT2D eigenvalue weighted by Crippen LogP contribution is 2.17. The van der Waals surface area contributed by atoms with Crippen LogP contribution in [0.5, 0.6) is 0 Å². The zero-order chi connectivity index (χ0) is 24.9. The molecule has 0 aliphatic carbocycles. The Kier molecular flexibility index (Phi) is 10.7. The van der Waals surface area contributed by atoms with Crippen molar-refractivity contribution in [2.75, 3.05) is 26.7 Å². The van der Waals surface area contributed by atoms with E-state index in [0.29, 0.717) is 25.1 Å². The van der Waals surface area contributed by atoms with Crippen LogP contribution in [0.15, 0.2) is 82.3 Å². The van der Waals surface area contributed by atoms with E-state index in [1.165, 1.54) is 17.0 Å². The van der Waals surface area contributed by atoms with Crippen molar-refractivity contribution in [3.63, 3.8) is 0 Å². The number of amides is 1. The second kappa shape index (κ2) is 13.7. The fourth-order valence-electron chi connectivity index (χ4n) is 3.27. The van der Waals surface area contributed by atoms with Gasteiger partial charge in [0.15, 0.2) is 6.29 Å². The number of ether oxygens (including phenoxy) is 2. The van der Waals surface area contributed by atoms with E-state index in [2.05, 4.69) is 11.7 Å². The number of carbonyl (C=O) groups excluding carboxylic acids is 2. The van der Waals surface area contributed by atoms with E-state index in [1.54, 1.807) is 19.2 Å². The summed E-state index contributed by atoms with van der Waals surface area (Å²) < 4.78 is 24.8. The number of hydrogen-bond acceptors (Lipinski definition) is 5. The van der Waals surface area contributed by atoms with Gasteiger partial charge in [-0.25, -0.2) is 4.39 Å². The van der Waals surface area contributed by atoms with Gasteiger partial charge >= 0.3 is 0 Å². The molecule has 0 N–H and O–H groups in total. The molecule has 0 aliphatic heterocycles. The number of aliphatic imine (C=N–C) groups is 1. The Morgan fingerprint density at radius 2 is 1.74 bits per heavy atom. The van der Waals surface area contributed by atoms with Crippen LogP contribution in [0.1, 0.15) is 25.0 Å². The molecule has 0 atom stereocenters. The number of halogens is 1. The lowest BCUT2D eigenvalue weighted by Crippen LogP contribution is -2.32. The molecule has 180 valence electrons. The molecule has 0 spiro atoms. The third-order valence-corrected chi connectivity index (χ3v) is 5.06. The first kappa shape index (κ1) is 26.5. The Balaban J connectivity index is 2.21. The second-order valence-electron chi connectivity index (χ2n) is 7.71. The topological polar surface area (TPSA) is 68.2 Å². The van der Waals surface area contributed by atoms with E-state index in [9.17, 15) is 14.0 Å². The van der Waals surface area contributed by atoms with Crippen molar-refractivity contribution in [3.8, 4) is 0 Å². The molecule has 0 unspecified atom stereocenters. The molecule has 0 saturated heterocycles. The van der Waals surface area contributed by atoms with Crippen LogP contribution >= 0.6 is 0 Å². The van der Waals surface area contributed by atoms with Crippen molar-refractivity contribution in [1.29, 1.82) is 0 Å². The zero-order valence-corrected chi connectivity index (χ0v) is 19.9. The summed E-state index contributed by atoms with van der Waals surface area (Å²) in [6, 6.07) is 15.7. The number of likely N-dealkylation sites (N-methyl/N-ethyl adjacent to an activating group) is 1. The fourth-order valence-corrected chi connectivity index (χ4v) is 3.27. The number of nitrogens with zero attached hydrogens (tertiary/aromatic N) is 2. The van der Waals surface area contributed by atoms with Crippen molar-refractivity contribution < 1.29 is 23.5 Å². The smallest absolute Gasteiger partial charge is 0.260 e. The van der Waals surface area contributed by atoms with Crippen LogP contribution in [-0.4, -0.2) is 50.6 Å². The molecule has 34 heavy (non-hydrogen) atoms. The molecule has 7 heteroatoms. The van der Waals surface area contributed by atoms with Crippen LogP contribution in [0.25, 0.3) is 0 Å². The summed E-state index contributed by atoms with van der Waals surface area (Å²) in [5, 5.41) is 0. The molecule has 2 aromatic rings. The van der Waals surface area contributed by atoms with Gasteiger partial charge < -0.3 is 14.4 Å². The van der Waals surface area contributed by atoms with Gasteiger partial charge in [0.1, 0.15) is 29.5 Å². The summed E-state index contributed by atoms with van der Waals surface area (Å²) in [6.45, 7) is 7.99. The zero-order valence-electron chi connectivity index (χ0n) is 19.9. The Hall–Kier alpha value is -3.74. The predicted octanol–water partition coefficient (Wildman–Crippen LogP) is 4.51. The Morgan fingerprint density at radius 3 is 2.32 bits per heavy atom. The first-order chi connectivity index (χ1) is 16.4. The summed E-state index contributed by atoms with van der Waals surface area (Å²) in [5.74, 6) is -0.0288. The van der Waals surface area contributed by atoms with E-state index in [4.69, 9.17) is 9.47 Å². The Morgan fingerprint density at radius 1 is 1.06 bits per heavy atom. The highest BCUT2D eigenvalue weighted by Gasteiger charge is 2.22. The van der Waals surface area contributed by atoms with Crippen molar-refractivity contribution in [1.82, 2.24) is 4.90 Å². The van der Waals surface area contributed by atoms with Crippen LogP contribution in [-0.2, 0) is 32.1 Å². The van der Waals surface area contributed by atoms with Crippen LogP contribution in [0.4, 0.5) is 4.39 Å². The normalized spacial score (nSPS) is 12.2. The molecular formula is C27H31FN2O4. The summed E-state index contributed by atoms with van der Waals surface area (Å²) >= 11 is 0. The largest absolute Gasteiger partial charge is 0.496 e. The van der Waals surface area contributed by atoms with Gasteiger partial charge in [0.05, 0.1) is 19.7 Å². The molecule has 0 aliphatic rings. The van der Waals surface area contributed by atoms with Crippen molar-refractivity contribution in [3.05, 3.63) is 94.2 Å². The van der Waals surface area contributed by atoms with Crippen molar-refractivity contribution in [2.45, 2.75) is 26.9 Å². The summed E-state index contributed by atoms with van der Waals surface area (Å²) in [6.07, 6.45) is 1.03. The van der Waals surface area contributed by atoms with Crippen LogP contribution in [0.3, 0.4) is 0 Å². The lowest BCUT2D eigenvalue weighted by molar-refractivity contribution is -0.127. The number of allylic oxidation sites excluding steroid dienone is 1. The van der Waals surface area contributed by atoms with Crippen LogP contribution < -0.4 is 0 Å². The molecule has 2 aromatic carbocycles. The molecule has 6 nitrogen and oxygen atoms in total. The van der Waals surface area contributed by atoms with E-state index >= 15 is 0 Å². The Labute approximate surface area is 200 Å². The Bertz CT molecular complexity index is 1030. The molecule has 0 bridgehead atoms. The van der Waals surface area contributed by atoms with Gasteiger partial charge in [0.2, 0.25) is 0 Å². The average Bonchev–Trinajstić information content (AvgIpc) is 2.84. The van der Waals surface area contributed by atoms with Gasteiger partial charge in [-0.2, -0.15) is 0 Å². The quantitative estimate of drug-likeness (QED) is 0.109. The second-order valence-corrected chi connectivity index (χ2v) is 7.71. The van der Waals surface area contributed by atoms with Gasteiger partial charge in [-0.15, -0.1) is 0 Å². The number of aldehydes is 1. The minimum atomic E-state index is -0.506. The van der Waals surface area contributed by atoms with E-state index in [1.807, 2.05) is 44.2 Å². The van der Waals surface area contributed by atoms with Crippen LogP contribution in [0.2, 0.25) is 0 Å². The SMILES string of the molecule is C=NC/C(OCc1ccccc1)=C(/C=O)C(=O)N(C)C/C(OCC)=C(\C)Cc1ccc(F)cc1. The maximum atomic E-state index is 13.2. The minimum absolute atomic E-state index is 0.00175. The summed E-state index contributed by atoms with van der Waals surface area (Å²) in [5.41, 5.74) is 2.61. The summed E-state index contributed by atoms with van der Waals surface area (Å²) in [4.78, 5) is 30.2. The molecule has 0 fully saturated rings. The molecule has 0 heterocycles. The predicted molar refractivity (Wildman–Crippen MR) is 131 cm³/mol. The number of benzene rings is 2. The van der Waals surface area contributed by atoms with E-state index in [-0.39, 0.29) is 36.8 Å². The maximum Gasteiger partial charge on any atom is 0.260 e. The summed E-state index contributed by atoms with van der Waals surface area (Å²) in [7, 11) is 1.59. The van der Waals surface area contributed by atoms with Gasteiger partial charge in [-0.3, -0.25) is 14.6 Å². The van der Waals surface area contributed by atoms with E-state index in [0.717, 1.165) is 16.7 Å². The number of carbonyl (C=O) groups is 2. The first-order valence-corrected chi connectivity index (χ1v) is 11.0. The lowest BCUT2D eigenvalue weighted by Gasteiger charge is -2.22. The number of rotatable bonds is 13. The average molecular weight is 467 g/mol. The molecular weight excluding hydrogens is 435 g/mol. The number of hydrogen-bond donors (Lipinski definition) is 0. The minimum Gasteiger partial charge on any atom is -0.496 e. The third kappa shape index (κ3) is 7.99. The molecule has 0 radical (unpaired) electrons. The molecule has 2 rings (SSSR count). The fraction of sp³-hybridized carbons (Fsp3) is 0.296. The van der Waals surface area contributed by atoms with E-state index < -0.39 is 5.91 Å². The van der Waals surface area contributed by atoms with Gasteiger partial charge in [-0.05, 0) is 55.8 Å². The molecule has 1 amide bonds. The van der Waals surface area contributed by atoms with Crippen molar-refractivity contribution in [2.24, 2.45) is 4.99 Å². The highest BCUT2D eigenvalue weighted by molar-refractivity contribution is 6.11. The van der Waals surface area contributed by atoms with Crippen LogP contribution in [0, 0.1) is 5.82 Å². The molecule has 0 saturated carbocycles. The maximum absolute atomic E-state index is 13.2. The monoisotopic (exact) mass is 466 g/mol. The third-order valence-electron chi connectivity index (χ3n) is 5.06.